The van der Waals surface area contributed by atoms with Crippen LogP contribution >= 0.6 is 0 Å². The molecule has 0 radical (unpaired) electrons. The lowest BCUT2D eigenvalue weighted by atomic mass is 10.1. The van der Waals surface area contributed by atoms with E-state index < -0.39 is 0 Å². The van der Waals surface area contributed by atoms with Gasteiger partial charge in [0.15, 0.2) is 0 Å². The molecule has 0 spiro atoms. The average Bonchev–Trinajstić information content (AvgIpc) is 2.96. The first kappa shape index (κ1) is 8.94. The van der Waals surface area contributed by atoms with Crippen LogP contribution in [-0.4, -0.2) is 4.92 Å². The highest BCUT2D eigenvalue weighted by Crippen LogP contribution is 2.50. The lowest BCUT2D eigenvalue weighted by molar-refractivity contribution is -0.385. The number of allylic oxidation sites excluding steroid dienone is 1. The second-order valence-electron chi connectivity index (χ2n) is 3.56. The van der Waals surface area contributed by atoms with Crippen LogP contribution in [0, 0.1) is 16.0 Å². The maximum absolute atomic E-state index is 10.7. The van der Waals surface area contributed by atoms with E-state index in [9.17, 15) is 10.1 Å². The van der Waals surface area contributed by atoms with E-state index in [1.165, 1.54) is 0 Å². The molecule has 1 saturated carbocycles. The van der Waals surface area contributed by atoms with Crippen LogP contribution in [0.25, 0.3) is 0 Å². The number of hydrogen-bond donors (Lipinski definition) is 0. The van der Waals surface area contributed by atoms with Crippen molar-refractivity contribution in [1.82, 2.24) is 0 Å². The standard InChI is InChI=1S/C11H11NO2/c1-2-8-7-10(8)9-5-3-4-6-11(9)12(13)14/h2-6,8,10H,1,7H2. The maximum atomic E-state index is 10.7. The van der Waals surface area contributed by atoms with Crippen LogP contribution in [0.5, 0.6) is 0 Å². The Kier molecular flexibility index (Phi) is 2.08. The summed E-state index contributed by atoms with van der Waals surface area (Å²) in [7, 11) is 0. The summed E-state index contributed by atoms with van der Waals surface area (Å²) in [5.41, 5.74) is 1.09. The van der Waals surface area contributed by atoms with Gasteiger partial charge in [0, 0.05) is 11.6 Å². The van der Waals surface area contributed by atoms with Crippen molar-refractivity contribution in [2.75, 3.05) is 0 Å². The van der Waals surface area contributed by atoms with Crippen molar-refractivity contribution in [3.8, 4) is 0 Å². The van der Waals surface area contributed by atoms with E-state index in [0.717, 1.165) is 12.0 Å². The lowest BCUT2D eigenvalue weighted by Gasteiger charge is -1.99. The molecule has 0 saturated heterocycles. The molecular formula is C11H11NO2. The van der Waals surface area contributed by atoms with E-state index in [2.05, 4.69) is 6.58 Å². The van der Waals surface area contributed by atoms with Gasteiger partial charge in [-0.15, -0.1) is 6.58 Å². The smallest absolute Gasteiger partial charge is 0.258 e. The van der Waals surface area contributed by atoms with E-state index in [0.29, 0.717) is 11.8 Å². The minimum atomic E-state index is -0.312. The monoisotopic (exact) mass is 189 g/mol. The number of benzene rings is 1. The van der Waals surface area contributed by atoms with Crippen LogP contribution < -0.4 is 0 Å². The van der Waals surface area contributed by atoms with Gasteiger partial charge in [-0.25, -0.2) is 0 Å². The van der Waals surface area contributed by atoms with Gasteiger partial charge >= 0.3 is 0 Å². The predicted molar refractivity (Wildman–Crippen MR) is 54.1 cm³/mol. The van der Waals surface area contributed by atoms with Crippen molar-refractivity contribution in [2.45, 2.75) is 12.3 Å². The molecule has 2 unspecified atom stereocenters. The van der Waals surface area contributed by atoms with Gasteiger partial charge in [-0.2, -0.15) is 0 Å². The zero-order valence-electron chi connectivity index (χ0n) is 7.72. The molecule has 0 heterocycles. The first-order chi connectivity index (χ1) is 6.74. The summed E-state index contributed by atoms with van der Waals surface area (Å²) in [6, 6.07) is 6.95. The second kappa shape index (κ2) is 3.25. The minimum absolute atomic E-state index is 0.238. The van der Waals surface area contributed by atoms with Crippen molar-refractivity contribution in [3.05, 3.63) is 52.6 Å². The Balaban J connectivity index is 2.34. The Bertz CT molecular complexity index is 387. The van der Waals surface area contributed by atoms with Crippen LogP contribution in [0.4, 0.5) is 5.69 Å². The van der Waals surface area contributed by atoms with Crippen molar-refractivity contribution >= 4 is 5.69 Å². The van der Waals surface area contributed by atoms with E-state index in [4.69, 9.17) is 0 Å². The van der Waals surface area contributed by atoms with Crippen LogP contribution in [0.2, 0.25) is 0 Å². The maximum Gasteiger partial charge on any atom is 0.272 e. The van der Waals surface area contributed by atoms with Gasteiger partial charge in [0.2, 0.25) is 0 Å². The molecule has 1 aromatic rings. The van der Waals surface area contributed by atoms with Gasteiger partial charge in [-0.1, -0.05) is 24.3 Å². The Morgan fingerprint density at radius 1 is 1.50 bits per heavy atom. The quantitative estimate of drug-likeness (QED) is 0.417. The molecule has 14 heavy (non-hydrogen) atoms. The molecular weight excluding hydrogens is 178 g/mol. The highest BCUT2D eigenvalue weighted by molar-refractivity contribution is 5.45. The van der Waals surface area contributed by atoms with Gasteiger partial charge in [0.1, 0.15) is 0 Å². The van der Waals surface area contributed by atoms with Gasteiger partial charge in [-0.3, -0.25) is 10.1 Å². The van der Waals surface area contributed by atoms with Crippen LogP contribution in [0.1, 0.15) is 17.9 Å². The minimum Gasteiger partial charge on any atom is -0.258 e. The molecule has 1 fully saturated rings. The van der Waals surface area contributed by atoms with Gasteiger partial charge in [-0.05, 0) is 18.3 Å². The Hall–Kier alpha value is -1.64. The van der Waals surface area contributed by atoms with E-state index in [-0.39, 0.29) is 10.6 Å². The number of nitro groups is 1. The molecule has 1 aliphatic rings. The molecule has 2 atom stereocenters. The summed E-state index contributed by atoms with van der Waals surface area (Å²) in [6.07, 6.45) is 2.87. The molecule has 2 rings (SSSR count). The number of nitro benzene ring substituents is 1. The summed E-state index contributed by atoms with van der Waals surface area (Å²) in [6.45, 7) is 3.70. The molecule has 3 nitrogen and oxygen atoms in total. The largest absolute Gasteiger partial charge is 0.272 e. The summed E-state index contributed by atoms with van der Waals surface area (Å²) in [5.74, 6) is 0.741. The summed E-state index contributed by atoms with van der Waals surface area (Å²) >= 11 is 0. The van der Waals surface area contributed by atoms with Gasteiger partial charge < -0.3 is 0 Å². The van der Waals surface area contributed by atoms with E-state index in [1.807, 2.05) is 18.2 Å². The fraction of sp³-hybridized carbons (Fsp3) is 0.273. The fourth-order valence-corrected chi connectivity index (χ4v) is 1.80. The molecule has 1 aromatic carbocycles. The summed E-state index contributed by atoms with van der Waals surface area (Å²) in [4.78, 5) is 10.4. The zero-order valence-corrected chi connectivity index (χ0v) is 7.72. The molecule has 3 heteroatoms. The Morgan fingerprint density at radius 3 is 2.79 bits per heavy atom. The number of nitrogens with zero attached hydrogens (tertiary/aromatic N) is 1. The van der Waals surface area contributed by atoms with Crippen molar-refractivity contribution in [3.63, 3.8) is 0 Å². The fourth-order valence-electron chi connectivity index (χ4n) is 1.80. The number of rotatable bonds is 3. The third-order valence-electron chi connectivity index (χ3n) is 2.68. The Labute approximate surface area is 82.2 Å². The molecule has 0 aromatic heterocycles. The first-order valence-electron chi connectivity index (χ1n) is 4.60. The topological polar surface area (TPSA) is 43.1 Å². The lowest BCUT2D eigenvalue weighted by Crippen LogP contribution is -1.93. The summed E-state index contributed by atoms with van der Waals surface area (Å²) < 4.78 is 0. The van der Waals surface area contributed by atoms with Crippen LogP contribution in [0.15, 0.2) is 36.9 Å². The first-order valence-corrected chi connectivity index (χ1v) is 4.60. The molecule has 0 bridgehead atoms. The predicted octanol–water partition coefficient (Wildman–Crippen LogP) is 2.88. The average molecular weight is 189 g/mol. The summed E-state index contributed by atoms with van der Waals surface area (Å²) in [5, 5.41) is 10.7. The van der Waals surface area contributed by atoms with Crippen molar-refractivity contribution < 1.29 is 4.92 Å². The Morgan fingerprint density at radius 2 is 2.21 bits per heavy atom. The highest BCUT2D eigenvalue weighted by Gasteiger charge is 2.39. The molecule has 0 aliphatic heterocycles. The second-order valence-corrected chi connectivity index (χ2v) is 3.56. The van der Waals surface area contributed by atoms with E-state index >= 15 is 0 Å². The zero-order chi connectivity index (χ0) is 10.1. The van der Waals surface area contributed by atoms with Crippen molar-refractivity contribution in [2.24, 2.45) is 5.92 Å². The van der Waals surface area contributed by atoms with Crippen LogP contribution in [0.3, 0.4) is 0 Å². The normalized spacial score (nSPS) is 24.3. The number of para-hydroxylation sites is 1. The van der Waals surface area contributed by atoms with Crippen LogP contribution in [-0.2, 0) is 0 Å². The van der Waals surface area contributed by atoms with E-state index in [1.54, 1.807) is 12.1 Å². The number of hydrogen-bond acceptors (Lipinski definition) is 2. The molecule has 72 valence electrons. The van der Waals surface area contributed by atoms with Crippen molar-refractivity contribution in [1.29, 1.82) is 0 Å². The molecule has 0 N–H and O–H groups in total. The van der Waals surface area contributed by atoms with Gasteiger partial charge in [0.25, 0.3) is 5.69 Å². The SMILES string of the molecule is C=CC1CC1c1ccccc1[N+](=O)[O-]. The third-order valence-corrected chi connectivity index (χ3v) is 2.68. The molecule has 0 amide bonds. The highest BCUT2D eigenvalue weighted by atomic mass is 16.6. The van der Waals surface area contributed by atoms with Gasteiger partial charge in [0.05, 0.1) is 4.92 Å². The molecule has 1 aliphatic carbocycles. The third kappa shape index (κ3) is 1.41.